The van der Waals surface area contributed by atoms with E-state index in [1.165, 1.54) is 5.56 Å². The molecule has 1 aliphatic heterocycles. The van der Waals surface area contributed by atoms with Crippen LogP contribution in [-0.4, -0.2) is 33.3 Å². The lowest BCUT2D eigenvalue weighted by Crippen LogP contribution is -2.32. The number of piperidine rings is 1. The van der Waals surface area contributed by atoms with Crippen molar-refractivity contribution in [2.75, 3.05) is 13.1 Å². The minimum Gasteiger partial charge on any atom is -0.329 e. The van der Waals surface area contributed by atoms with Gasteiger partial charge in [-0.15, -0.1) is 0 Å². The second-order valence-electron chi connectivity index (χ2n) is 7.93. The van der Waals surface area contributed by atoms with E-state index in [0.29, 0.717) is 5.92 Å². The number of allylic oxidation sites excluding steroid dienone is 2. The van der Waals surface area contributed by atoms with Gasteiger partial charge in [-0.1, -0.05) is 36.4 Å². The van der Waals surface area contributed by atoms with Crippen LogP contribution in [0, 0.1) is 12.8 Å². The van der Waals surface area contributed by atoms with Crippen LogP contribution in [0.1, 0.15) is 41.5 Å². The number of imidazole rings is 1. The Hall–Kier alpha value is -2.72. The molecule has 150 valence electrons. The Labute approximate surface area is 172 Å². The summed E-state index contributed by atoms with van der Waals surface area (Å²) in [6, 6.07) is 16.5. The molecule has 4 rings (SSSR count). The number of rotatable bonds is 6. The Balaban J connectivity index is 1.35. The monoisotopic (exact) mass is 387 g/mol. The number of aryl methyl sites for hydroxylation is 2. The molecule has 1 aliphatic rings. The minimum atomic E-state index is 0.0716. The van der Waals surface area contributed by atoms with E-state index in [0.717, 1.165) is 61.4 Å². The quantitative estimate of drug-likeness (QED) is 0.440. The highest BCUT2D eigenvalue weighted by Gasteiger charge is 2.18. The zero-order chi connectivity index (χ0) is 20.2. The standard InChI is InChI=1S/C25H29N3O/c1-3-28-19(2)26-23-17-22(10-11-24(23)28)25(29)12-9-20-13-15-27(16-14-20)18-21-7-5-4-6-8-21/h4-12,17,20H,3,13-16,18H2,1-2H3/b12-9+. The molecule has 0 bridgehead atoms. The lowest BCUT2D eigenvalue weighted by Gasteiger charge is -2.30. The molecule has 0 N–H and O–H groups in total. The summed E-state index contributed by atoms with van der Waals surface area (Å²) in [7, 11) is 0. The van der Waals surface area contributed by atoms with Crippen molar-refractivity contribution in [2.24, 2.45) is 5.92 Å². The minimum absolute atomic E-state index is 0.0716. The highest BCUT2D eigenvalue weighted by atomic mass is 16.1. The molecule has 0 aliphatic carbocycles. The van der Waals surface area contributed by atoms with Crippen LogP contribution in [-0.2, 0) is 13.1 Å². The first-order valence-electron chi connectivity index (χ1n) is 10.6. The van der Waals surface area contributed by atoms with Crippen LogP contribution in [0.25, 0.3) is 11.0 Å². The average molecular weight is 388 g/mol. The number of nitrogens with zero attached hydrogens (tertiary/aromatic N) is 3. The summed E-state index contributed by atoms with van der Waals surface area (Å²) in [5, 5.41) is 0. The first-order valence-corrected chi connectivity index (χ1v) is 10.6. The summed E-state index contributed by atoms with van der Waals surface area (Å²) in [6.45, 7) is 8.18. The molecule has 2 aromatic carbocycles. The SMILES string of the molecule is CCn1c(C)nc2cc(C(=O)/C=C/C3CCN(Cc4ccccc4)CC3)ccc21. The van der Waals surface area contributed by atoms with E-state index in [1.807, 2.05) is 25.1 Å². The van der Waals surface area contributed by atoms with E-state index in [1.54, 1.807) is 6.08 Å². The Kier molecular flexibility index (Phi) is 5.91. The first-order chi connectivity index (χ1) is 14.1. The van der Waals surface area contributed by atoms with E-state index >= 15 is 0 Å². The molecule has 3 aromatic rings. The summed E-state index contributed by atoms with van der Waals surface area (Å²) in [5.41, 5.74) is 4.08. The molecule has 0 atom stereocenters. The molecule has 4 heteroatoms. The number of benzene rings is 2. The number of carbonyl (C=O) groups is 1. The van der Waals surface area contributed by atoms with Crippen LogP contribution in [0.5, 0.6) is 0 Å². The fourth-order valence-electron chi connectivity index (χ4n) is 4.27. The Morgan fingerprint density at radius 2 is 1.90 bits per heavy atom. The van der Waals surface area contributed by atoms with Crippen LogP contribution < -0.4 is 0 Å². The van der Waals surface area contributed by atoms with Gasteiger partial charge in [0.1, 0.15) is 5.82 Å². The van der Waals surface area contributed by atoms with Gasteiger partial charge < -0.3 is 4.57 Å². The van der Waals surface area contributed by atoms with Gasteiger partial charge in [-0.25, -0.2) is 4.98 Å². The molecular formula is C25H29N3O. The van der Waals surface area contributed by atoms with E-state index < -0.39 is 0 Å². The normalized spacial score (nSPS) is 16.1. The second kappa shape index (κ2) is 8.75. The van der Waals surface area contributed by atoms with Crippen molar-refractivity contribution >= 4 is 16.8 Å². The van der Waals surface area contributed by atoms with E-state index in [4.69, 9.17) is 0 Å². The van der Waals surface area contributed by atoms with Gasteiger partial charge in [0.15, 0.2) is 5.78 Å². The van der Waals surface area contributed by atoms with Gasteiger partial charge in [0.05, 0.1) is 11.0 Å². The van der Waals surface area contributed by atoms with Crippen LogP contribution >= 0.6 is 0 Å². The molecular weight excluding hydrogens is 358 g/mol. The maximum absolute atomic E-state index is 12.7. The fraction of sp³-hybridized carbons (Fsp3) is 0.360. The predicted molar refractivity (Wildman–Crippen MR) is 118 cm³/mol. The smallest absolute Gasteiger partial charge is 0.185 e. The Morgan fingerprint density at radius 1 is 1.14 bits per heavy atom. The summed E-state index contributed by atoms with van der Waals surface area (Å²) < 4.78 is 2.17. The third-order valence-corrected chi connectivity index (χ3v) is 5.94. The van der Waals surface area contributed by atoms with E-state index in [9.17, 15) is 4.79 Å². The number of fused-ring (bicyclic) bond motifs is 1. The van der Waals surface area contributed by atoms with E-state index in [-0.39, 0.29) is 5.78 Å². The second-order valence-corrected chi connectivity index (χ2v) is 7.93. The molecule has 0 amide bonds. The molecule has 2 heterocycles. The van der Waals surface area contributed by atoms with Crippen molar-refractivity contribution in [2.45, 2.75) is 39.8 Å². The zero-order valence-electron chi connectivity index (χ0n) is 17.3. The summed E-state index contributed by atoms with van der Waals surface area (Å²) in [6.07, 6.45) is 6.09. The van der Waals surface area contributed by atoms with Crippen molar-refractivity contribution in [3.8, 4) is 0 Å². The predicted octanol–water partition coefficient (Wildman–Crippen LogP) is 5.02. The van der Waals surface area contributed by atoms with Crippen molar-refractivity contribution in [3.63, 3.8) is 0 Å². The van der Waals surface area contributed by atoms with Gasteiger partial charge >= 0.3 is 0 Å². The molecule has 1 aromatic heterocycles. The summed E-state index contributed by atoms with van der Waals surface area (Å²) in [5.74, 6) is 1.54. The Morgan fingerprint density at radius 3 is 2.62 bits per heavy atom. The Bertz CT molecular complexity index is 1010. The number of hydrogen-bond donors (Lipinski definition) is 0. The topological polar surface area (TPSA) is 38.1 Å². The van der Waals surface area contributed by atoms with Crippen molar-refractivity contribution in [3.05, 3.63) is 77.6 Å². The number of hydrogen-bond acceptors (Lipinski definition) is 3. The van der Waals surface area contributed by atoms with Crippen molar-refractivity contribution in [1.29, 1.82) is 0 Å². The average Bonchev–Trinajstić information content (AvgIpc) is 3.07. The highest BCUT2D eigenvalue weighted by Crippen LogP contribution is 2.21. The zero-order valence-corrected chi connectivity index (χ0v) is 17.3. The first kappa shape index (κ1) is 19.6. The largest absolute Gasteiger partial charge is 0.329 e. The van der Waals surface area contributed by atoms with Crippen LogP contribution in [0.4, 0.5) is 0 Å². The molecule has 29 heavy (non-hydrogen) atoms. The molecule has 4 nitrogen and oxygen atoms in total. The van der Waals surface area contributed by atoms with Gasteiger partial charge in [0.2, 0.25) is 0 Å². The van der Waals surface area contributed by atoms with E-state index in [2.05, 4.69) is 57.8 Å². The maximum Gasteiger partial charge on any atom is 0.185 e. The molecule has 0 spiro atoms. The van der Waals surface area contributed by atoms with Crippen molar-refractivity contribution in [1.82, 2.24) is 14.5 Å². The van der Waals surface area contributed by atoms with Gasteiger partial charge in [0.25, 0.3) is 0 Å². The molecule has 0 radical (unpaired) electrons. The van der Waals surface area contributed by atoms with Gasteiger partial charge in [-0.05, 0) is 75.5 Å². The van der Waals surface area contributed by atoms with Crippen LogP contribution in [0.3, 0.4) is 0 Å². The summed E-state index contributed by atoms with van der Waals surface area (Å²) >= 11 is 0. The molecule has 1 fully saturated rings. The third kappa shape index (κ3) is 4.48. The molecule has 0 saturated carbocycles. The van der Waals surface area contributed by atoms with Gasteiger partial charge in [-0.3, -0.25) is 9.69 Å². The lowest BCUT2D eigenvalue weighted by atomic mass is 9.95. The van der Waals surface area contributed by atoms with Crippen LogP contribution in [0.15, 0.2) is 60.7 Å². The number of likely N-dealkylation sites (tertiary alicyclic amines) is 1. The van der Waals surface area contributed by atoms with Gasteiger partial charge in [-0.2, -0.15) is 0 Å². The molecule has 0 unspecified atom stereocenters. The third-order valence-electron chi connectivity index (χ3n) is 5.94. The summed E-state index contributed by atoms with van der Waals surface area (Å²) in [4.78, 5) is 19.8. The number of carbonyl (C=O) groups excluding carboxylic acids is 1. The van der Waals surface area contributed by atoms with Crippen molar-refractivity contribution < 1.29 is 4.79 Å². The molecule has 1 saturated heterocycles. The number of ketones is 1. The van der Waals surface area contributed by atoms with Gasteiger partial charge in [0, 0.05) is 18.7 Å². The number of aromatic nitrogens is 2. The highest BCUT2D eigenvalue weighted by molar-refractivity contribution is 6.06. The maximum atomic E-state index is 12.7. The van der Waals surface area contributed by atoms with Crippen LogP contribution in [0.2, 0.25) is 0 Å². The lowest BCUT2D eigenvalue weighted by molar-refractivity contribution is 0.104. The fourth-order valence-corrected chi connectivity index (χ4v) is 4.27.